The normalized spacial score (nSPS) is 24.6. The number of aromatic nitrogens is 6. The van der Waals surface area contributed by atoms with E-state index in [0.717, 1.165) is 43.7 Å². The van der Waals surface area contributed by atoms with E-state index < -0.39 is 43.4 Å². The number of nitrogens with zero attached hydrogens (tertiary/aromatic N) is 11. The van der Waals surface area contributed by atoms with Crippen molar-refractivity contribution in [3.63, 3.8) is 0 Å². The lowest BCUT2D eigenvalue weighted by Gasteiger charge is -2.46. The van der Waals surface area contributed by atoms with Crippen molar-refractivity contribution in [2.45, 2.75) is 152 Å². The number of terminal acetylenes is 1. The summed E-state index contributed by atoms with van der Waals surface area (Å²) in [6.45, 7) is 18.6. The van der Waals surface area contributed by atoms with Crippen molar-refractivity contribution in [3.05, 3.63) is 89.1 Å². The number of alkyl halides is 2. The summed E-state index contributed by atoms with van der Waals surface area (Å²) in [5.41, 5.74) is 1.82. The van der Waals surface area contributed by atoms with E-state index in [-0.39, 0.29) is 92.1 Å². The van der Waals surface area contributed by atoms with Crippen molar-refractivity contribution in [3.8, 4) is 52.6 Å². The molecule has 0 saturated carbocycles. The highest BCUT2D eigenvalue weighted by atomic mass is 35.5. The minimum atomic E-state index is -2.96. The van der Waals surface area contributed by atoms with E-state index >= 15 is 17.6 Å². The molecule has 7 aliphatic heterocycles. The molecular weight excluding hydrogens is 1320 g/mol. The highest BCUT2D eigenvalue weighted by molar-refractivity contribution is 6.76. The molecule has 0 spiro atoms. The van der Waals surface area contributed by atoms with Crippen molar-refractivity contribution in [2.24, 2.45) is 0 Å². The minimum absolute atomic E-state index is 0.0153. The van der Waals surface area contributed by atoms with Gasteiger partial charge in [-0.15, -0.1) is 6.42 Å². The van der Waals surface area contributed by atoms with Crippen LogP contribution in [0.5, 0.6) is 17.8 Å². The van der Waals surface area contributed by atoms with Gasteiger partial charge in [0, 0.05) is 103 Å². The van der Waals surface area contributed by atoms with Gasteiger partial charge in [-0.1, -0.05) is 61.4 Å². The Morgan fingerprint density at radius 1 is 0.818 bits per heavy atom. The van der Waals surface area contributed by atoms with Crippen LogP contribution in [0.1, 0.15) is 64.9 Å². The molecule has 7 fully saturated rings. The van der Waals surface area contributed by atoms with E-state index in [1.54, 1.807) is 29.2 Å². The molecule has 528 valence electrons. The number of pyridine rings is 2. The number of likely N-dealkylation sites (tertiary alicyclic amines) is 1. The van der Waals surface area contributed by atoms with Gasteiger partial charge in [0.2, 0.25) is 0 Å². The molecule has 3 aromatic carbocycles. The molecule has 21 nitrogen and oxygen atoms in total. The van der Waals surface area contributed by atoms with Crippen LogP contribution in [0.25, 0.3) is 55.4 Å². The first-order valence-corrected chi connectivity index (χ1v) is 38.8. The molecule has 0 radical (unpaired) electrons. The van der Waals surface area contributed by atoms with Crippen LogP contribution >= 0.6 is 11.6 Å². The topological polar surface area (TPSA) is 186 Å². The van der Waals surface area contributed by atoms with Gasteiger partial charge in [-0.3, -0.25) is 24.2 Å². The monoisotopic (exact) mass is 1400 g/mol. The van der Waals surface area contributed by atoms with Crippen LogP contribution in [0.2, 0.25) is 30.7 Å². The molecule has 7 saturated heterocycles. The molecule has 4 unspecified atom stereocenters. The molecule has 8 atom stereocenters. The molecule has 27 heteroatoms. The van der Waals surface area contributed by atoms with Gasteiger partial charge >= 0.3 is 18.1 Å². The molecular formula is C72H86ClF4N11O10Si. The van der Waals surface area contributed by atoms with Crippen LogP contribution in [0.4, 0.5) is 28.2 Å². The second-order valence-corrected chi connectivity index (χ2v) is 35.2. The largest absolute Gasteiger partial charge is 0.492 e. The molecule has 2 bridgehead atoms. The van der Waals surface area contributed by atoms with Crippen LogP contribution < -0.4 is 19.1 Å². The SMILES string of the molecule is C#Cc1c(F)ccc2cccc(-c3nc(N4CC5CCC(C4)N5C(=O)OC(C)(C)C)c4cnc(OCCN5CCN(C6CCN(CCOc7ccc(-c8nc9nc(O[C@@H]%10CO[C@H]%11[C@@H]%10OC[C@H]%11OC%10CCCCO%10)n(COCC[Si](C)(C)C)c9cc8Cl)cc7)CC6(F)F)CC5)nc4c3F)c12. The second-order valence-electron chi connectivity index (χ2n) is 29.2. The average Bonchev–Trinajstić information content (AvgIpc) is 1.58. The summed E-state index contributed by atoms with van der Waals surface area (Å²) in [4.78, 5) is 47.1. The number of carbonyl (C=O) groups excluding carboxylic acids is 1. The van der Waals surface area contributed by atoms with Crippen molar-refractivity contribution in [1.29, 1.82) is 0 Å². The van der Waals surface area contributed by atoms with Gasteiger partial charge in [-0.2, -0.15) is 9.97 Å². The van der Waals surface area contributed by atoms with E-state index in [1.165, 1.54) is 12.3 Å². The van der Waals surface area contributed by atoms with Crippen LogP contribution in [0, 0.1) is 24.0 Å². The van der Waals surface area contributed by atoms with Gasteiger partial charge in [-0.25, -0.2) is 37.3 Å². The van der Waals surface area contributed by atoms with Crippen LogP contribution in [0.15, 0.2) is 66.9 Å². The lowest BCUT2D eigenvalue weighted by atomic mass is 9.96. The number of hydrogen-bond acceptors (Lipinski definition) is 19. The van der Waals surface area contributed by atoms with Crippen molar-refractivity contribution in [2.75, 3.05) is 110 Å². The third-order valence-electron chi connectivity index (χ3n) is 19.9. The van der Waals surface area contributed by atoms with E-state index in [4.69, 9.17) is 75.6 Å². The van der Waals surface area contributed by atoms with Gasteiger partial charge in [0.05, 0.1) is 65.1 Å². The van der Waals surface area contributed by atoms with E-state index in [2.05, 4.69) is 40.4 Å². The van der Waals surface area contributed by atoms with E-state index in [9.17, 15) is 4.79 Å². The molecule has 14 rings (SSSR count). The first-order chi connectivity index (χ1) is 47.6. The Balaban J connectivity index is 0.572. The lowest BCUT2D eigenvalue weighted by molar-refractivity contribution is -0.202. The molecule has 7 aliphatic rings. The number of carbonyl (C=O) groups is 1. The highest BCUT2D eigenvalue weighted by Gasteiger charge is 2.52. The fourth-order valence-corrected chi connectivity index (χ4v) is 15.9. The Bertz CT molecular complexity index is 4120. The maximum atomic E-state index is 17.3. The van der Waals surface area contributed by atoms with Crippen molar-refractivity contribution >= 4 is 64.4 Å². The molecule has 11 heterocycles. The van der Waals surface area contributed by atoms with Crippen LogP contribution in [-0.2, 0) is 35.2 Å². The number of piperidine rings is 1. The molecule has 0 N–H and O–H groups in total. The summed E-state index contributed by atoms with van der Waals surface area (Å²) < 4.78 is 122. The zero-order valence-electron chi connectivity index (χ0n) is 56.9. The Labute approximate surface area is 579 Å². The van der Waals surface area contributed by atoms with Crippen LogP contribution in [0.3, 0.4) is 0 Å². The Hall–Kier alpha value is -7.03. The Morgan fingerprint density at radius 2 is 1.57 bits per heavy atom. The summed E-state index contributed by atoms with van der Waals surface area (Å²) in [6, 6.07) is 17.2. The summed E-state index contributed by atoms with van der Waals surface area (Å²) in [5, 5.41) is 1.69. The van der Waals surface area contributed by atoms with E-state index in [1.807, 2.05) is 70.4 Å². The smallest absolute Gasteiger partial charge is 0.410 e. The molecule has 99 heavy (non-hydrogen) atoms. The second kappa shape index (κ2) is 28.8. The third-order valence-corrected chi connectivity index (χ3v) is 21.9. The number of benzene rings is 3. The first kappa shape index (κ1) is 69.1. The maximum absolute atomic E-state index is 17.3. The number of ether oxygens (including phenoxy) is 9. The number of halogens is 5. The Kier molecular flexibility index (Phi) is 20.1. The van der Waals surface area contributed by atoms with Gasteiger partial charge < -0.3 is 47.5 Å². The van der Waals surface area contributed by atoms with Crippen molar-refractivity contribution < 1.29 is 65.0 Å². The number of fused-ring (bicyclic) bond motifs is 6. The number of hydrogen-bond donors (Lipinski definition) is 0. The lowest BCUT2D eigenvalue weighted by Crippen LogP contribution is -2.62. The first-order valence-electron chi connectivity index (χ1n) is 34.7. The number of anilines is 1. The molecule has 1 amide bonds. The summed E-state index contributed by atoms with van der Waals surface area (Å²) in [6.07, 6.45) is 10.1. The fourth-order valence-electron chi connectivity index (χ4n) is 14.9. The number of piperazine rings is 2. The molecule has 0 aliphatic carbocycles. The highest BCUT2D eigenvalue weighted by Crippen LogP contribution is 2.42. The predicted octanol–water partition coefficient (Wildman–Crippen LogP) is 11.3. The zero-order valence-corrected chi connectivity index (χ0v) is 58.7. The quantitative estimate of drug-likeness (QED) is 0.0286. The van der Waals surface area contributed by atoms with Gasteiger partial charge in [-0.05, 0) is 107 Å². The van der Waals surface area contributed by atoms with Gasteiger partial charge in [0.1, 0.15) is 72.5 Å². The zero-order chi connectivity index (χ0) is 68.9. The van der Waals surface area contributed by atoms with Gasteiger partial charge in [0.25, 0.3) is 5.92 Å². The number of rotatable bonds is 21. The summed E-state index contributed by atoms with van der Waals surface area (Å²) in [5.74, 6) is -0.890. The predicted molar refractivity (Wildman–Crippen MR) is 368 cm³/mol. The maximum Gasteiger partial charge on any atom is 0.410 e. The minimum Gasteiger partial charge on any atom is -0.492 e. The molecule has 7 aromatic rings. The van der Waals surface area contributed by atoms with E-state index in [0.29, 0.717) is 153 Å². The Morgan fingerprint density at radius 3 is 2.29 bits per heavy atom. The third kappa shape index (κ3) is 15.0. The fraction of sp³-hybridized carbons (Fsp3) is 0.556. The number of amides is 1. The summed E-state index contributed by atoms with van der Waals surface area (Å²) in [7, 11) is -1.37. The molecule has 4 aromatic heterocycles. The summed E-state index contributed by atoms with van der Waals surface area (Å²) >= 11 is 7.03. The standard InChI is InChI=1S/C72H86ClF4N11O10Si/c1-8-49-53(74)22-17-44-12-11-13-50(59(44)49)62-60(75)63-51(67(80-62)86-38-46-18-19-47(39-86)88(46)70(89)98-71(2,3)4)37-78-68(81-63)93-33-29-83-25-27-85(28-26-83)57-23-24-84(42-72(57,76)77)30-32-91-48-20-15-45(16-21-48)61-52(73)36-54-66(79-61)82-69(87(54)43-90-34-35-99(5,6)7)97-56-41-95-64-55(40-94-65(56)64)96-58-14-9-10-31-92-58/h1,11-13,15-17,20-22,36-37,46-47,55-58,64-65H,9-10,14,18-19,23-35,38-43H2,2-7H3/t46?,47?,55-,56-,57?,58?,64-,65-/m1/s1. The van der Waals surface area contributed by atoms with Crippen molar-refractivity contribution in [1.82, 2.24) is 49.1 Å². The average molecular weight is 1410 g/mol. The number of imidazole rings is 1. The van der Waals surface area contributed by atoms with Crippen LogP contribution in [-0.4, -0.2) is 229 Å². The van der Waals surface area contributed by atoms with Gasteiger partial charge in [0.15, 0.2) is 23.9 Å².